The van der Waals surface area contributed by atoms with Gasteiger partial charge in [-0.25, -0.2) is 0 Å². The van der Waals surface area contributed by atoms with Gasteiger partial charge in [0.25, 0.3) is 0 Å². The third-order valence-electron chi connectivity index (χ3n) is 2.80. The summed E-state index contributed by atoms with van der Waals surface area (Å²) in [7, 11) is 0. The van der Waals surface area contributed by atoms with Gasteiger partial charge in [0.1, 0.15) is 0 Å². The minimum absolute atomic E-state index is 0.148. The average Bonchev–Trinajstić information content (AvgIpc) is 2.53. The van der Waals surface area contributed by atoms with Crippen molar-refractivity contribution in [1.29, 1.82) is 0 Å². The summed E-state index contributed by atoms with van der Waals surface area (Å²) < 4.78 is 8.30. The highest BCUT2D eigenvalue weighted by atomic mass is 32.1. The van der Waals surface area contributed by atoms with Gasteiger partial charge >= 0.3 is 0 Å². The molecule has 1 aromatic rings. The van der Waals surface area contributed by atoms with Crippen LogP contribution in [0.25, 0.3) is 0 Å². The SMILES string of the molecule is CC1(n2cc[nH]c2=S)CCOCC1. The highest BCUT2D eigenvalue weighted by molar-refractivity contribution is 7.71. The van der Waals surface area contributed by atoms with Crippen LogP contribution in [0.4, 0.5) is 0 Å². The summed E-state index contributed by atoms with van der Waals surface area (Å²) in [4.78, 5) is 3.03. The Hall–Kier alpha value is -0.610. The van der Waals surface area contributed by atoms with Crippen LogP contribution < -0.4 is 0 Å². The van der Waals surface area contributed by atoms with Crippen molar-refractivity contribution in [3.8, 4) is 0 Å². The molecule has 1 fully saturated rings. The van der Waals surface area contributed by atoms with E-state index < -0.39 is 0 Å². The maximum atomic E-state index is 5.35. The fraction of sp³-hybridized carbons (Fsp3) is 0.667. The fourth-order valence-corrected chi connectivity index (χ4v) is 2.15. The first-order valence-corrected chi connectivity index (χ1v) is 4.97. The van der Waals surface area contributed by atoms with E-state index in [0.717, 1.165) is 30.8 Å². The lowest BCUT2D eigenvalue weighted by atomic mass is 9.92. The van der Waals surface area contributed by atoms with Crippen molar-refractivity contribution in [3.05, 3.63) is 17.2 Å². The van der Waals surface area contributed by atoms with Crippen molar-refractivity contribution >= 4 is 12.2 Å². The molecule has 1 N–H and O–H groups in total. The van der Waals surface area contributed by atoms with Crippen LogP contribution in [0.5, 0.6) is 0 Å². The van der Waals surface area contributed by atoms with Gasteiger partial charge in [-0.2, -0.15) is 0 Å². The smallest absolute Gasteiger partial charge is 0.177 e. The van der Waals surface area contributed by atoms with Crippen LogP contribution in [0, 0.1) is 4.77 Å². The number of rotatable bonds is 1. The molecule has 0 radical (unpaired) electrons. The van der Waals surface area contributed by atoms with Crippen LogP contribution in [0.2, 0.25) is 0 Å². The molecule has 72 valence electrons. The number of aromatic nitrogens is 2. The number of hydrogen-bond acceptors (Lipinski definition) is 2. The Labute approximate surface area is 82.7 Å². The minimum Gasteiger partial charge on any atom is -0.381 e. The quantitative estimate of drug-likeness (QED) is 0.700. The molecule has 0 spiro atoms. The van der Waals surface area contributed by atoms with Gasteiger partial charge in [-0.15, -0.1) is 0 Å². The number of imidazole rings is 1. The summed E-state index contributed by atoms with van der Waals surface area (Å²) in [6, 6.07) is 0. The van der Waals surface area contributed by atoms with E-state index in [0.29, 0.717) is 0 Å². The van der Waals surface area contributed by atoms with Crippen molar-refractivity contribution in [2.75, 3.05) is 13.2 Å². The minimum atomic E-state index is 0.148. The third kappa shape index (κ3) is 1.56. The van der Waals surface area contributed by atoms with Crippen LogP contribution in [-0.2, 0) is 10.3 Å². The van der Waals surface area contributed by atoms with Gasteiger partial charge < -0.3 is 14.3 Å². The Morgan fingerprint density at radius 3 is 2.77 bits per heavy atom. The summed E-state index contributed by atoms with van der Waals surface area (Å²) in [5.41, 5.74) is 0.148. The Morgan fingerprint density at radius 1 is 1.54 bits per heavy atom. The van der Waals surface area contributed by atoms with Crippen LogP contribution in [-0.4, -0.2) is 22.8 Å². The van der Waals surface area contributed by atoms with Gasteiger partial charge in [0.2, 0.25) is 0 Å². The Balaban J connectivity index is 2.33. The maximum Gasteiger partial charge on any atom is 0.177 e. The van der Waals surface area contributed by atoms with Crippen LogP contribution in [0.3, 0.4) is 0 Å². The van der Waals surface area contributed by atoms with E-state index in [1.54, 1.807) is 0 Å². The molecule has 4 heteroatoms. The van der Waals surface area contributed by atoms with Gasteiger partial charge in [-0.3, -0.25) is 0 Å². The number of ether oxygens (including phenoxy) is 1. The number of nitrogens with zero attached hydrogens (tertiary/aromatic N) is 1. The number of aromatic amines is 1. The summed E-state index contributed by atoms with van der Waals surface area (Å²) >= 11 is 5.20. The summed E-state index contributed by atoms with van der Waals surface area (Å²) in [5.74, 6) is 0. The van der Waals surface area contributed by atoms with Gasteiger partial charge in [0.05, 0.1) is 0 Å². The lowest BCUT2D eigenvalue weighted by molar-refractivity contribution is 0.0289. The molecule has 1 aliphatic rings. The Bertz CT molecular complexity index is 335. The van der Waals surface area contributed by atoms with E-state index >= 15 is 0 Å². The van der Waals surface area contributed by atoms with Crippen molar-refractivity contribution in [1.82, 2.24) is 9.55 Å². The molecule has 2 heterocycles. The van der Waals surface area contributed by atoms with Crippen LogP contribution in [0.1, 0.15) is 19.8 Å². The number of H-pyrrole nitrogens is 1. The molecule has 0 unspecified atom stereocenters. The zero-order chi connectivity index (χ0) is 9.31. The molecular formula is C9H14N2OS. The molecule has 0 aliphatic carbocycles. The van der Waals surface area contributed by atoms with Gasteiger partial charge in [-0.1, -0.05) is 0 Å². The number of nitrogens with one attached hydrogen (secondary N) is 1. The summed E-state index contributed by atoms with van der Waals surface area (Å²) in [6.07, 6.45) is 6.00. The Kier molecular flexibility index (Phi) is 2.26. The third-order valence-corrected chi connectivity index (χ3v) is 3.12. The molecule has 1 saturated heterocycles. The normalized spacial score (nSPS) is 21.6. The average molecular weight is 198 g/mol. The number of hydrogen-bond donors (Lipinski definition) is 1. The molecule has 0 bridgehead atoms. The molecule has 1 aromatic heterocycles. The largest absolute Gasteiger partial charge is 0.381 e. The van der Waals surface area contributed by atoms with Crippen LogP contribution in [0.15, 0.2) is 12.4 Å². The van der Waals surface area contributed by atoms with Gasteiger partial charge in [0.15, 0.2) is 4.77 Å². The van der Waals surface area contributed by atoms with Crippen LogP contribution >= 0.6 is 12.2 Å². The predicted octanol–water partition coefficient (Wildman–Crippen LogP) is 2.07. The van der Waals surface area contributed by atoms with Gasteiger partial charge in [0, 0.05) is 31.1 Å². The zero-order valence-electron chi connectivity index (χ0n) is 7.75. The first kappa shape index (κ1) is 8.97. The van der Waals surface area contributed by atoms with Crippen molar-refractivity contribution in [3.63, 3.8) is 0 Å². The Morgan fingerprint density at radius 2 is 2.23 bits per heavy atom. The molecule has 2 rings (SSSR count). The fourth-order valence-electron chi connectivity index (χ4n) is 1.80. The molecule has 3 nitrogen and oxygen atoms in total. The van der Waals surface area contributed by atoms with E-state index in [1.165, 1.54) is 0 Å². The lowest BCUT2D eigenvalue weighted by Crippen LogP contribution is -2.36. The topological polar surface area (TPSA) is 29.9 Å². The predicted molar refractivity (Wildman–Crippen MR) is 53.3 cm³/mol. The van der Waals surface area contributed by atoms with Gasteiger partial charge in [-0.05, 0) is 32.0 Å². The van der Waals surface area contributed by atoms with Crippen molar-refractivity contribution in [2.45, 2.75) is 25.3 Å². The monoisotopic (exact) mass is 198 g/mol. The molecular weight excluding hydrogens is 184 g/mol. The molecule has 0 saturated carbocycles. The summed E-state index contributed by atoms with van der Waals surface area (Å²) in [6.45, 7) is 3.91. The van der Waals surface area contributed by atoms with Crippen molar-refractivity contribution in [2.24, 2.45) is 0 Å². The summed E-state index contributed by atoms with van der Waals surface area (Å²) in [5, 5.41) is 0. The molecule has 1 aliphatic heterocycles. The van der Waals surface area contributed by atoms with E-state index in [-0.39, 0.29) is 5.54 Å². The highest BCUT2D eigenvalue weighted by Gasteiger charge is 2.29. The standard InChI is InChI=1S/C9H14N2OS/c1-9(2-6-12-7-3-9)11-5-4-10-8(11)13/h4-5H,2-3,6-7H2,1H3,(H,10,13). The first-order valence-electron chi connectivity index (χ1n) is 4.57. The second kappa shape index (κ2) is 3.27. The van der Waals surface area contributed by atoms with E-state index in [2.05, 4.69) is 16.5 Å². The molecule has 0 atom stereocenters. The molecule has 0 aromatic carbocycles. The highest BCUT2D eigenvalue weighted by Crippen LogP contribution is 2.28. The maximum absolute atomic E-state index is 5.35. The van der Waals surface area contributed by atoms with E-state index in [4.69, 9.17) is 17.0 Å². The van der Waals surface area contributed by atoms with E-state index in [1.807, 2.05) is 12.4 Å². The zero-order valence-corrected chi connectivity index (χ0v) is 8.56. The molecule has 13 heavy (non-hydrogen) atoms. The molecule has 0 amide bonds. The van der Waals surface area contributed by atoms with Crippen molar-refractivity contribution < 1.29 is 4.74 Å². The van der Waals surface area contributed by atoms with E-state index in [9.17, 15) is 0 Å². The lowest BCUT2D eigenvalue weighted by Gasteiger charge is -2.34. The first-order chi connectivity index (χ1) is 6.22. The second-order valence-corrected chi connectivity index (χ2v) is 4.13. The second-order valence-electron chi connectivity index (χ2n) is 3.74.